The van der Waals surface area contributed by atoms with Gasteiger partial charge < -0.3 is 9.47 Å². The molecule has 0 aliphatic carbocycles. The summed E-state index contributed by atoms with van der Waals surface area (Å²) in [4.78, 5) is 0. The van der Waals surface area contributed by atoms with Crippen LogP contribution in [0.25, 0.3) is 0 Å². The van der Waals surface area contributed by atoms with Crippen LogP contribution >= 0.6 is 0 Å². The fourth-order valence-electron chi connectivity index (χ4n) is 1.03. The van der Waals surface area contributed by atoms with E-state index in [0.29, 0.717) is 0 Å². The number of hydrogen-bond acceptors (Lipinski definition) is 2. The quantitative estimate of drug-likeness (QED) is 0.569. The van der Waals surface area contributed by atoms with E-state index in [9.17, 15) is 0 Å². The van der Waals surface area contributed by atoms with Crippen molar-refractivity contribution in [1.29, 1.82) is 0 Å². The topological polar surface area (TPSA) is 18.5 Å². The van der Waals surface area contributed by atoms with Crippen molar-refractivity contribution in [2.45, 2.75) is 32.5 Å². The lowest BCUT2D eigenvalue weighted by atomic mass is 10.1. The summed E-state index contributed by atoms with van der Waals surface area (Å²) in [5.41, 5.74) is 1.26. The van der Waals surface area contributed by atoms with Gasteiger partial charge in [-0.05, 0) is 18.9 Å². The third-order valence-electron chi connectivity index (χ3n) is 1.82. The third kappa shape index (κ3) is 2.00. The molecular weight excluding hydrogens is 140 g/mol. The van der Waals surface area contributed by atoms with Gasteiger partial charge in [-0.25, -0.2) is 0 Å². The molecule has 0 amide bonds. The van der Waals surface area contributed by atoms with Crippen LogP contribution in [0, 0.1) is 0 Å². The Morgan fingerprint density at radius 2 is 2.55 bits per heavy atom. The van der Waals surface area contributed by atoms with Crippen LogP contribution in [0.3, 0.4) is 0 Å². The lowest BCUT2D eigenvalue weighted by Gasteiger charge is -2.31. The van der Waals surface area contributed by atoms with Gasteiger partial charge in [-0.3, -0.25) is 0 Å². The van der Waals surface area contributed by atoms with Crippen LogP contribution < -0.4 is 0 Å². The number of allylic oxidation sites excluding steroid dienone is 1. The summed E-state index contributed by atoms with van der Waals surface area (Å²) in [6.45, 7) is 7.46. The first kappa shape index (κ1) is 8.18. The fraction of sp³-hybridized carbons (Fsp3) is 0.556. The van der Waals surface area contributed by atoms with Crippen LogP contribution in [0.15, 0.2) is 24.7 Å². The van der Waals surface area contributed by atoms with E-state index in [1.807, 2.05) is 13.8 Å². The molecule has 1 rings (SSSR count). The van der Waals surface area contributed by atoms with Crippen molar-refractivity contribution >= 4 is 0 Å². The highest BCUT2D eigenvalue weighted by molar-refractivity contribution is 4.98. The zero-order chi connectivity index (χ0) is 8.32. The Bertz CT molecular complexity index is 184. The molecule has 1 heterocycles. The molecule has 1 atom stereocenters. The van der Waals surface area contributed by atoms with Gasteiger partial charge in [0.1, 0.15) is 0 Å². The Morgan fingerprint density at radius 3 is 3.00 bits per heavy atom. The molecule has 0 fully saturated rings. The van der Waals surface area contributed by atoms with Crippen molar-refractivity contribution in [2.24, 2.45) is 0 Å². The minimum absolute atomic E-state index is 0.485. The number of hydrogen-bond donors (Lipinski definition) is 0. The second-order valence-corrected chi connectivity index (χ2v) is 3.00. The average molecular weight is 154 g/mol. The van der Waals surface area contributed by atoms with Crippen molar-refractivity contribution in [3.05, 3.63) is 24.7 Å². The van der Waals surface area contributed by atoms with Crippen LogP contribution in [-0.2, 0) is 9.47 Å². The molecule has 0 aromatic carbocycles. The molecule has 0 bridgehead atoms. The summed E-state index contributed by atoms with van der Waals surface area (Å²) in [6, 6.07) is 0. The summed E-state index contributed by atoms with van der Waals surface area (Å²) in [5, 5.41) is 0. The van der Waals surface area contributed by atoms with Gasteiger partial charge in [-0.1, -0.05) is 6.58 Å². The summed E-state index contributed by atoms with van der Waals surface area (Å²) >= 11 is 0. The lowest BCUT2D eigenvalue weighted by molar-refractivity contribution is -0.169. The Hall–Kier alpha value is -0.920. The van der Waals surface area contributed by atoms with Gasteiger partial charge in [0, 0.05) is 13.3 Å². The normalized spacial score (nSPS) is 30.2. The Labute approximate surface area is 67.5 Å². The first-order chi connectivity index (χ1) is 5.16. The molecule has 0 radical (unpaired) electrons. The molecule has 1 aliphatic rings. The highest BCUT2D eigenvalue weighted by atomic mass is 16.7. The zero-order valence-corrected chi connectivity index (χ0v) is 7.09. The maximum Gasteiger partial charge on any atom is 0.247 e. The monoisotopic (exact) mass is 154 g/mol. The molecule has 2 heteroatoms. The Kier molecular flexibility index (Phi) is 2.22. The van der Waals surface area contributed by atoms with E-state index in [1.165, 1.54) is 11.8 Å². The minimum Gasteiger partial charge on any atom is -0.461 e. The molecule has 0 spiro atoms. The van der Waals surface area contributed by atoms with Gasteiger partial charge in [0.25, 0.3) is 0 Å². The van der Waals surface area contributed by atoms with E-state index in [0.717, 1.165) is 12.8 Å². The Morgan fingerprint density at radius 1 is 1.82 bits per heavy atom. The molecule has 11 heavy (non-hydrogen) atoms. The second kappa shape index (κ2) is 2.99. The molecule has 0 aromatic heterocycles. The maximum absolute atomic E-state index is 5.36. The van der Waals surface area contributed by atoms with Crippen molar-refractivity contribution in [1.82, 2.24) is 0 Å². The molecule has 2 nitrogen and oxygen atoms in total. The summed E-state index contributed by atoms with van der Waals surface area (Å²) < 4.78 is 10.6. The third-order valence-corrected chi connectivity index (χ3v) is 1.82. The van der Waals surface area contributed by atoms with E-state index in [1.54, 1.807) is 6.26 Å². The maximum atomic E-state index is 5.36. The standard InChI is InChI=1S/C9H14O2/c1-4-10-9(3)6-5-8(2)7-11-9/h4,7H,1,5-6H2,2-3H3. The highest BCUT2D eigenvalue weighted by Gasteiger charge is 2.28. The molecule has 1 unspecified atom stereocenters. The van der Waals surface area contributed by atoms with E-state index in [2.05, 4.69) is 6.58 Å². The van der Waals surface area contributed by atoms with Gasteiger partial charge >= 0.3 is 0 Å². The van der Waals surface area contributed by atoms with Crippen molar-refractivity contribution < 1.29 is 9.47 Å². The molecule has 1 aliphatic heterocycles. The number of rotatable bonds is 2. The minimum atomic E-state index is -0.485. The molecule has 0 N–H and O–H groups in total. The smallest absolute Gasteiger partial charge is 0.247 e. The fourth-order valence-corrected chi connectivity index (χ4v) is 1.03. The largest absolute Gasteiger partial charge is 0.461 e. The van der Waals surface area contributed by atoms with Crippen LogP contribution in [0.5, 0.6) is 0 Å². The van der Waals surface area contributed by atoms with E-state index in [-0.39, 0.29) is 0 Å². The summed E-state index contributed by atoms with van der Waals surface area (Å²) in [5.74, 6) is -0.485. The van der Waals surface area contributed by atoms with Gasteiger partial charge in [-0.2, -0.15) is 0 Å². The Balaban J connectivity index is 2.56. The number of ether oxygens (including phenoxy) is 2. The first-order valence-electron chi connectivity index (χ1n) is 3.78. The van der Waals surface area contributed by atoms with Crippen molar-refractivity contribution in [3.8, 4) is 0 Å². The van der Waals surface area contributed by atoms with Gasteiger partial charge in [0.2, 0.25) is 5.79 Å². The van der Waals surface area contributed by atoms with E-state index in [4.69, 9.17) is 9.47 Å². The van der Waals surface area contributed by atoms with E-state index >= 15 is 0 Å². The molecule has 0 aromatic rings. The summed E-state index contributed by atoms with van der Waals surface area (Å²) in [7, 11) is 0. The van der Waals surface area contributed by atoms with Crippen molar-refractivity contribution in [2.75, 3.05) is 0 Å². The van der Waals surface area contributed by atoms with Crippen LogP contribution in [0.1, 0.15) is 26.7 Å². The van der Waals surface area contributed by atoms with E-state index < -0.39 is 5.79 Å². The molecule has 0 saturated heterocycles. The first-order valence-corrected chi connectivity index (χ1v) is 3.78. The van der Waals surface area contributed by atoms with Gasteiger partial charge in [0.05, 0.1) is 12.5 Å². The van der Waals surface area contributed by atoms with Crippen molar-refractivity contribution in [3.63, 3.8) is 0 Å². The SMILES string of the molecule is C=COC1(C)CCC(C)=CO1. The predicted molar refractivity (Wildman–Crippen MR) is 43.8 cm³/mol. The highest BCUT2D eigenvalue weighted by Crippen LogP contribution is 2.27. The predicted octanol–water partition coefficient (Wildman–Crippen LogP) is 2.58. The lowest BCUT2D eigenvalue weighted by Crippen LogP contribution is -2.30. The molecule has 0 saturated carbocycles. The second-order valence-electron chi connectivity index (χ2n) is 3.00. The van der Waals surface area contributed by atoms with Crippen LogP contribution in [0.4, 0.5) is 0 Å². The van der Waals surface area contributed by atoms with Gasteiger partial charge in [-0.15, -0.1) is 0 Å². The average Bonchev–Trinajstić information content (AvgIpc) is 1.97. The van der Waals surface area contributed by atoms with Crippen LogP contribution in [0.2, 0.25) is 0 Å². The molecule has 62 valence electrons. The summed E-state index contributed by atoms with van der Waals surface area (Å²) in [6.07, 6.45) is 5.10. The van der Waals surface area contributed by atoms with Gasteiger partial charge in [0.15, 0.2) is 0 Å². The molecular formula is C9H14O2. The zero-order valence-electron chi connectivity index (χ0n) is 7.09. The van der Waals surface area contributed by atoms with Crippen LogP contribution in [-0.4, -0.2) is 5.79 Å².